The fourth-order valence-corrected chi connectivity index (χ4v) is 2.99. The molecular formula is C22H21ClN4O3. The van der Waals surface area contributed by atoms with Crippen LogP contribution in [0.4, 0.5) is 5.69 Å². The summed E-state index contributed by atoms with van der Waals surface area (Å²) in [5.41, 5.74) is 2.71. The molecule has 1 heterocycles. The van der Waals surface area contributed by atoms with E-state index in [1.807, 2.05) is 54.6 Å². The van der Waals surface area contributed by atoms with Crippen molar-refractivity contribution >= 4 is 35.0 Å². The number of nitrogens with zero attached hydrogens (tertiary/aromatic N) is 3. The lowest BCUT2D eigenvalue weighted by Gasteiger charge is -2.15. The number of benzene rings is 3. The fourth-order valence-electron chi connectivity index (χ4n) is 2.99. The Labute approximate surface area is 179 Å². The number of nitrogens with one attached hydrogen (secondary N) is 1. The van der Waals surface area contributed by atoms with Gasteiger partial charge in [0.25, 0.3) is 5.91 Å². The topological polar surface area (TPSA) is 89.3 Å². The molecule has 0 spiro atoms. The van der Waals surface area contributed by atoms with Crippen LogP contribution in [-0.4, -0.2) is 38.7 Å². The zero-order valence-electron chi connectivity index (χ0n) is 16.0. The summed E-state index contributed by atoms with van der Waals surface area (Å²) in [6, 6.07) is 23.7. The molecule has 0 aliphatic heterocycles. The predicted octanol–water partition coefficient (Wildman–Crippen LogP) is 3.55. The zero-order valence-corrected chi connectivity index (χ0v) is 16.8. The quantitative estimate of drug-likeness (QED) is 0.473. The molecule has 154 valence electrons. The van der Waals surface area contributed by atoms with E-state index in [1.165, 1.54) is 0 Å². The fraction of sp³-hybridized carbons (Fsp3) is 0.136. The van der Waals surface area contributed by atoms with E-state index in [0.717, 1.165) is 11.0 Å². The molecule has 1 atom stereocenters. The van der Waals surface area contributed by atoms with Gasteiger partial charge in [0.1, 0.15) is 24.0 Å². The highest BCUT2D eigenvalue weighted by atomic mass is 35.5. The number of aliphatic hydroxyl groups is 1. The molecule has 0 saturated carbocycles. The second kappa shape index (κ2) is 9.87. The van der Waals surface area contributed by atoms with Crippen molar-refractivity contribution in [3.05, 3.63) is 84.4 Å². The maximum Gasteiger partial charge on any atom is 0.259 e. The van der Waals surface area contributed by atoms with Crippen molar-refractivity contribution in [2.24, 2.45) is 0 Å². The van der Waals surface area contributed by atoms with Crippen molar-refractivity contribution in [3.63, 3.8) is 0 Å². The Morgan fingerprint density at radius 2 is 1.70 bits per heavy atom. The minimum atomic E-state index is -0.814. The van der Waals surface area contributed by atoms with Crippen LogP contribution < -0.4 is 10.1 Å². The molecule has 0 radical (unpaired) electrons. The van der Waals surface area contributed by atoms with E-state index in [4.69, 9.17) is 4.74 Å². The highest BCUT2D eigenvalue weighted by Gasteiger charge is 2.15. The third kappa shape index (κ3) is 4.94. The molecule has 0 aliphatic carbocycles. The van der Waals surface area contributed by atoms with Gasteiger partial charge in [0, 0.05) is 5.69 Å². The number of fused-ring (bicyclic) bond motifs is 1. The van der Waals surface area contributed by atoms with E-state index in [-0.39, 0.29) is 31.5 Å². The zero-order chi connectivity index (χ0) is 20.1. The lowest BCUT2D eigenvalue weighted by Crippen LogP contribution is -2.25. The van der Waals surface area contributed by atoms with Crippen LogP contribution in [-0.2, 0) is 6.54 Å². The average molecular weight is 425 g/mol. The summed E-state index contributed by atoms with van der Waals surface area (Å²) in [6.45, 7) is 0.253. The van der Waals surface area contributed by atoms with Gasteiger partial charge >= 0.3 is 0 Å². The number of aromatic nitrogens is 3. The molecule has 30 heavy (non-hydrogen) atoms. The van der Waals surface area contributed by atoms with Gasteiger partial charge in [-0.1, -0.05) is 47.7 Å². The van der Waals surface area contributed by atoms with Crippen LogP contribution >= 0.6 is 12.4 Å². The largest absolute Gasteiger partial charge is 0.490 e. The summed E-state index contributed by atoms with van der Waals surface area (Å²) in [5.74, 6) is 0.131. The van der Waals surface area contributed by atoms with Crippen molar-refractivity contribution in [3.8, 4) is 5.75 Å². The highest BCUT2D eigenvalue weighted by molar-refractivity contribution is 6.06. The average Bonchev–Trinajstić information content (AvgIpc) is 3.16. The first-order valence-electron chi connectivity index (χ1n) is 9.25. The van der Waals surface area contributed by atoms with Gasteiger partial charge in [-0.2, -0.15) is 0 Å². The number of aliphatic hydroxyl groups excluding tert-OH is 1. The van der Waals surface area contributed by atoms with Crippen molar-refractivity contribution in [2.45, 2.75) is 12.6 Å². The Hall–Kier alpha value is -3.42. The lowest BCUT2D eigenvalue weighted by molar-refractivity contribution is 0.0877. The molecule has 0 saturated heterocycles. The normalized spacial score (nSPS) is 11.5. The van der Waals surface area contributed by atoms with Gasteiger partial charge in [-0.25, -0.2) is 4.68 Å². The van der Waals surface area contributed by atoms with E-state index in [1.54, 1.807) is 28.9 Å². The van der Waals surface area contributed by atoms with Crippen LogP contribution in [0.15, 0.2) is 78.9 Å². The van der Waals surface area contributed by atoms with Crippen LogP contribution in [0.3, 0.4) is 0 Å². The Kier molecular flexibility index (Phi) is 7.00. The second-order valence-corrected chi connectivity index (χ2v) is 6.54. The number of halogens is 1. The molecule has 3 aromatic carbocycles. The minimum absolute atomic E-state index is 0. The molecule has 0 fully saturated rings. The molecule has 1 aromatic heterocycles. The molecule has 4 rings (SSSR count). The number of carbonyl (C=O) groups excluding carboxylic acids is 1. The standard InChI is InChI=1S/C22H20N4O3.ClH/c27-17(14-26-20-12-6-5-11-19(20)24-25-26)15-29-21-13-7-4-10-18(21)22(28)23-16-8-2-1-3-9-16;/h1-13,17,27H,14-15H2,(H,23,28);1H. The maximum atomic E-state index is 12.6. The maximum absolute atomic E-state index is 12.6. The summed E-state index contributed by atoms with van der Waals surface area (Å²) >= 11 is 0. The van der Waals surface area contributed by atoms with E-state index in [9.17, 15) is 9.90 Å². The molecule has 8 heteroatoms. The number of hydrogen-bond acceptors (Lipinski definition) is 5. The SMILES string of the molecule is Cl.O=C(Nc1ccccc1)c1ccccc1OCC(O)Cn1nnc2ccccc21. The molecule has 0 aliphatic rings. The summed E-state index contributed by atoms with van der Waals surface area (Å²) in [7, 11) is 0. The van der Waals surface area contributed by atoms with Gasteiger partial charge in [0.2, 0.25) is 0 Å². The Morgan fingerprint density at radius 1 is 1.00 bits per heavy atom. The first kappa shape index (κ1) is 21.3. The van der Waals surface area contributed by atoms with E-state index in [0.29, 0.717) is 17.0 Å². The third-order valence-electron chi connectivity index (χ3n) is 4.40. The number of rotatable bonds is 7. The Bertz CT molecular complexity index is 1120. The number of ether oxygens (including phenoxy) is 1. The molecule has 2 N–H and O–H groups in total. The van der Waals surface area contributed by atoms with Gasteiger partial charge in [0.05, 0.1) is 17.6 Å². The van der Waals surface area contributed by atoms with Gasteiger partial charge < -0.3 is 15.2 Å². The number of anilines is 1. The van der Waals surface area contributed by atoms with Crippen molar-refractivity contribution in [1.29, 1.82) is 0 Å². The number of amides is 1. The van der Waals surface area contributed by atoms with Crippen molar-refractivity contribution < 1.29 is 14.6 Å². The van der Waals surface area contributed by atoms with E-state index < -0.39 is 6.10 Å². The molecular weight excluding hydrogens is 404 g/mol. The van der Waals surface area contributed by atoms with Crippen LogP contribution in [0.5, 0.6) is 5.75 Å². The van der Waals surface area contributed by atoms with Gasteiger partial charge in [0.15, 0.2) is 0 Å². The molecule has 1 amide bonds. The minimum Gasteiger partial charge on any atom is -0.490 e. The molecule has 4 aromatic rings. The predicted molar refractivity (Wildman–Crippen MR) is 117 cm³/mol. The third-order valence-corrected chi connectivity index (χ3v) is 4.40. The van der Waals surface area contributed by atoms with E-state index in [2.05, 4.69) is 15.6 Å². The Balaban J connectivity index is 0.00000256. The first-order chi connectivity index (χ1) is 14.2. The summed E-state index contributed by atoms with van der Waals surface area (Å²) < 4.78 is 7.38. The Morgan fingerprint density at radius 3 is 2.53 bits per heavy atom. The van der Waals surface area contributed by atoms with Crippen LogP contribution in [0.2, 0.25) is 0 Å². The van der Waals surface area contributed by atoms with Crippen LogP contribution in [0.25, 0.3) is 11.0 Å². The van der Waals surface area contributed by atoms with Gasteiger partial charge in [-0.15, -0.1) is 17.5 Å². The summed E-state index contributed by atoms with van der Waals surface area (Å²) in [6.07, 6.45) is -0.814. The van der Waals surface area contributed by atoms with Gasteiger partial charge in [-0.3, -0.25) is 4.79 Å². The summed E-state index contributed by atoms with van der Waals surface area (Å²) in [4.78, 5) is 12.6. The molecule has 7 nitrogen and oxygen atoms in total. The second-order valence-electron chi connectivity index (χ2n) is 6.54. The van der Waals surface area contributed by atoms with Crippen molar-refractivity contribution in [2.75, 3.05) is 11.9 Å². The highest BCUT2D eigenvalue weighted by Crippen LogP contribution is 2.20. The number of para-hydroxylation sites is 3. The van der Waals surface area contributed by atoms with Crippen LogP contribution in [0.1, 0.15) is 10.4 Å². The van der Waals surface area contributed by atoms with Crippen LogP contribution in [0, 0.1) is 0 Å². The monoisotopic (exact) mass is 424 g/mol. The molecule has 1 unspecified atom stereocenters. The summed E-state index contributed by atoms with van der Waals surface area (Å²) in [5, 5.41) is 21.4. The van der Waals surface area contributed by atoms with E-state index >= 15 is 0 Å². The van der Waals surface area contributed by atoms with Gasteiger partial charge in [-0.05, 0) is 36.4 Å². The number of carbonyl (C=O) groups is 1. The first-order valence-corrected chi connectivity index (χ1v) is 9.25. The number of hydrogen-bond donors (Lipinski definition) is 2. The lowest BCUT2D eigenvalue weighted by atomic mass is 10.2. The smallest absolute Gasteiger partial charge is 0.259 e. The van der Waals surface area contributed by atoms with Crippen molar-refractivity contribution in [1.82, 2.24) is 15.0 Å². The molecule has 0 bridgehead atoms.